The second-order valence-corrected chi connectivity index (χ2v) is 2.62. The van der Waals surface area contributed by atoms with E-state index in [4.69, 9.17) is 4.74 Å². The quantitative estimate of drug-likeness (QED) is 0.713. The molecule has 0 aliphatic rings. The standard InChI is InChI=1S/C8H9NO2S/c1-12-9-8(10)11-7-5-3-2-4-6-7/h2-6H,1H3,(H,9,10). The largest absolute Gasteiger partial charge is 0.422 e. The Hall–Kier alpha value is -1.16. The van der Waals surface area contributed by atoms with Crippen LogP contribution < -0.4 is 9.46 Å². The normalized spacial score (nSPS) is 9.08. The Bertz CT molecular complexity index is 250. The maximum atomic E-state index is 10.9. The van der Waals surface area contributed by atoms with Gasteiger partial charge in [-0.15, -0.1) is 0 Å². The highest BCUT2D eigenvalue weighted by atomic mass is 32.2. The highest BCUT2D eigenvalue weighted by Gasteiger charge is 2.00. The fourth-order valence-corrected chi connectivity index (χ4v) is 0.908. The van der Waals surface area contributed by atoms with E-state index in [0.29, 0.717) is 5.75 Å². The van der Waals surface area contributed by atoms with Crippen molar-refractivity contribution in [2.45, 2.75) is 0 Å². The zero-order valence-corrected chi connectivity index (χ0v) is 7.43. The molecule has 0 radical (unpaired) electrons. The Morgan fingerprint density at radius 1 is 1.42 bits per heavy atom. The number of ether oxygens (including phenoxy) is 1. The van der Waals surface area contributed by atoms with Crippen molar-refractivity contribution in [3.8, 4) is 5.75 Å². The van der Waals surface area contributed by atoms with Crippen molar-refractivity contribution in [2.75, 3.05) is 6.26 Å². The van der Waals surface area contributed by atoms with Gasteiger partial charge in [0.05, 0.1) is 0 Å². The average molecular weight is 183 g/mol. The summed E-state index contributed by atoms with van der Waals surface area (Å²) in [5.74, 6) is 0.545. The molecule has 12 heavy (non-hydrogen) atoms. The lowest BCUT2D eigenvalue weighted by Gasteiger charge is -2.02. The average Bonchev–Trinajstić information content (AvgIpc) is 2.06. The number of hydrogen-bond acceptors (Lipinski definition) is 3. The van der Waals surface area contributed by atoms with Crippen LogP contribution in [-0.2, 0) is 0 Å². The summed E-state index contributed by atoms with van der Waals surface area (Å²) in [5.41, 5.74) is 0. The van der Waals surface area contributed by atoms with E-state index in [1.54, 1.807) is 18.4 Å². The molecule has 0 unspecified atom stereocenters. The van der Waals surface area contributed by atoms with Gasteiger partial charge in [-0.1, -0.05) is 30.1 Å². The first kappa shape index (κ1) is 8.93. The highest BCUT2D eigenvalue weighted by molar-refractivity contribution is 7.97. The Morgan fingerprint density at radius 3 is 2.67 bits per heavy atom. The van der Waals surface area contributed by atoms with Gasteiger partial charge in [0.25, 0.3) is 0 Å². The molecule has 0 heterocycles. The molecule has 1 aromatic rings. The predicted octanol–water partition coefficient (Wildman–Crippen LogP) is 2.05. The van der Waals surface area contributed by atoms with Crippen molar-refractivity contribution in [2.24, 2.45) is 0 Å². The summed E-state index contributed by atoms with van der Waals surface area (Å²) in [6.45, 7) is 0. The van der Waals surface area contributed by atoms with E-state index in [2.05, 4.69) is 4.72 Å². The molecule has 1 rings (SSSR count). The zero-order chi connectivity index (χ0) is 8.81. The van der Waals surface area contributed by atoms with E-state index in [1.807, 2.05) is 18.2 Å². The van der Waals surface area contributed by atoms with Crippen LogP contribution in [-0.4, -0.2) is 12.3 Å². The monoisotopic (exact) mass is 183 g/mol. The van der Waals surface area contributed by atoms with E-state index < -0.39 is 6.09 Å². The molecule has 3 nitrogen and oxygen atoms in total. The van der Waals surface area contributed by atoms with Gasteiger partial charge in [-0.2, -0.15) is 0 Å². The summed E-state index contributed by atoms with van der Waals surface area (Å²) in [6, 6.07) is 8.92. The first-order chi connectivity index (χ1) is 5.83. The second kappa shape index (κ2) is 4.66. The first-order valence-electron chi connectivity index (χ1n) is 3.39. The van der Waals surface area contributed by atoms with Gasteiger partial charge in [-0.3, -0.25) is 4.72 Å². The molecule has 0 saturated carbocycles. The minimum atomic E-state index is -0.450. The van der Waals surface area contributed by atoms with Gasteiger partial charge < -0.3 is 4.74 Å². The third kappa shape index (κ3) is 2.84. The lowest BCUT2D eigenvalue weighted by Crippen LogP contribution is -2.19. The molecule has 0 aromatic heterocycles. The Balaban J connectivity index is 2.47. The maximum absolute atomic E-state index is 10.9. The molecule has 0 spiro atoms. The van der Waals surface area contributed by atoms with E-state index >= 15 is 0 Å². The predicted molar refractivity (Wildman–Crippen MR) is 49.1 cm³/mol. The van der Waals surface area contributed by atoms with Crippen LogP contribution in [0.15, 0.2) is 30.3 Å². The topological polar surface area (TPSA) is 38.3 Å². The molecule has 0 aliphatic carbocycles. The second-order valence-electron chi connectivity index (χ2n) is 2.01. The number of nitrogens with one attached hydrogen (secondary N) is 1. The molecule has 0 aliphatic heterocycles. The summed E-state index contributed by atoms with van der Waals surface area (Å²) in [5, 5.41) is 0. The fraction of sp³-hybridized carbons (Fsp3) is 0.125. The van der Waals surface area contributed by atoms with Crippen LogP contribution in [0.5, 0.6) is 5.75 Å². The number of benzene rings is 1. The van der Waals surface area contributed by atoms with Gasteiger partial charge >= 0.3 is 6.09 Å². The Labute approximate surface area is 75.2 Å². The zero-order valence-electron chi connectivity index (χ0n) is 6.61. The van der Waals surface area contributed by atoms with Crippen LogP contribution >= 0.6 is 11.9 Å². The summed E-state index contributed by atoms with van der Waals surface area (Å²) < 4.78 is 7.33. The van der Waals surface area contributed by atoms with Gasteiger partial charge in [-0.25, -0.2) is 4.79 Å². The third-order valence-electron chi connectivity index (χ3n) is 1.14. The van der Waals surface area contributed by atoms with E-state index in [9.17, 15) is 4.79 Å². The Kier molecular flexibility index (Phi) is 3.47. The summed E-state index contributed by atoms with van der Waals surface area (Å²) in [4.78, 5) is 10.9. The highest BCUT2D eigenvalue weighted by Crippen LogP contribution is 2.08. The molecule has 4 heteroatoms. The number of amides is 1. The molecule has 0 saturated heterocycles. The minimum absolute atomic E-state index is 0.450. The molecule has 1 amide bonds. The van der Waals surface area contributed by atoms with Gasteiger partial charge in [0.2, 0.25) is 0 Å². The van der Waals surface area contributed by atoms with E-state index in [-0.39, 0.29) is 0 Å². The SMILES string of the molecule is CSNC(=O)Oc1ccccc1. The Morgan fingerprint density at radius 2 is 2.08 bits per heavy atom. The number of hydrogen-bond donors (Lipinski definition) is 1. The van der Waals surface area contributed by atoms with Crippen molar-refractivity contribution in [3.05, 3.63) is 30.3 Å². The first-order valence-corrected chi connectivity index (χ1v) is 4.61. The van der Waals surface area contributed by atoms with Crippen molar-refractivity contribution < 1.29 is 9.53 Å². The molecule has 0 bridgehead atoms. The maximum Gasteiger partial charge on any atom is 0.422 e. The fourth-order valence-electron chi connectivity index (χ4n) is 0.700. The van der Waals surface area contributed by atoms with Crippen molar-refractivity contribution in [3.63, 3.8) is 0 Å². The third-order valence-corrected chi connectivity index (χ3v) is 1.51. The number of para-hydroxylation sites is 1. The molecule has 64 valence electrons. The van der Waals surface area contributed by atoms with Crippen LogP contribution in [0.4, 0.5) is 4.79 Å². The molecular weight excluding hydrogens is 174 g/mol. The van der Waals surface area contributed by atoms with Crippen LogP contribution in [0, 0.1) is 0 Å². The molecular formula is C8H9NO2S. The smallest absolute Gasteiger partial charge is 0.410 e. The van der Waals surface area contributed by atoms with Crippen LogP contribution in [0.25, 0.3) is 0 Å². The lowest BCUT2D eigenvalue weighted by atomic mass is 10.3. The van der Waals surface area contributed by atoms with E-state index in [1.165, 1.54) is 11.9 Å². The lowest BCUT2D eigenvalue weighted by molar-refractivity contribution is 0.207. The van der Waals surface area contributed by atoms with Crippen molar-refractivity contribution in [1.82, 2.24) is 4.72 Å². The number of rotatable bonds is 2. The van der Waals surface area contributed by atoms with E-state index in [0.717, 1.165) is 0 Å². The summed E-state index contributed by atoms with van der Waals surface area (Å²) in [6.07, 6.45) is 1.31. The van der Waals surface area contributed by atoms with Crippen molar-refractivity contribution in [1.29, 1.82) is 0 Å². The summed E-state index contributed by atoms with van der Waals surface area (Å²) >= 11 is 1.20. The molecule has 0 atom stereocenters. The van der Waals surface area contributed by atoms with Gasteiger partial charge in [0.15, 0.2) is 0 Å². The minimum Gasteiger partial charge on any atom is -0.410 e. The van der Waals surface area contributed by atoms with Crippen LogP contribution in [0.1, 0.15) is 0 Å². The molecule has 0 fully saturated rings. The summed E-state index contributed by atoms with van der Waals surface area (Å²) in [7, 11) is 0. The van der Waals surface area contributed by atoms with Gasteiger partial charge in [0.1, 0.15) is 5.75 Å². The van der Waals surface area contributed by atoms with Crippen LogP contribution in [0.3, 0.4) is 0 Å². The number of carbonyl (C=O) groups is 1. The molecule has 1 N–H and O–H groups in total. The van der Waals surface area contributed by atoms with Crippen LogP contribution in [0.2, 0.25) is 0 Å². The van der Waals surface area contributed by atoms with Gasteiger partial charge in [-0.05, 0) is 12.1 Å². The van der Waals surface area contributed by atoms with Crippen molar-refractivity contribution >= 4 is 18.0 Å². The molecule has 1 aromatic carbocycles. The number of carbonyl (C=O) groups excluding carboxylic acids is 1. The van der Waals surface area contributed by atoms with Gasteiger partial charge in [0, 0.05) is 6.26 Å².